The normalized spacial score (nSPS) is 18.3. The van der Waals surface area contributed by atoms with Crippen LogP contribution in [0.5, 0.6) is 0 Å². The lowest BCUT2D eigenvalue weighted by atomic mass is 10.2. The van der Waals surface area contributed by atoms with E-state index in [4.69, 9.17) is 4.74 Å². The van der Waals surface area contributed by atoms with Gasteiger partial charge in [-0.25, -0.2) is 4.99 Å². The minimum absolute atomic E-state index is 0.0931. The van der Waals surface area contributed by atoms with Gasteiger partial charge in [-0.2, -0.15) is 0 Å². The molecule has 156 valence electrons. The second-order valence-electron chi connectivity index (χ2n) is 7.54. The van der Waals surface area contributed by atoms with Crippen LogP contribution in [-0.2, 0) is 11.3 Å². The first-order valence-corrected chi connectivity index (χ1v) is 10.1. The van der Waals surface area contributed by atoms with Gasteiger partial charge in [0.15, 0.2) is 5.96 Å². The maximum absolute atomic E-state index is 10.8. The number of rotatable bonds is 9. The number of guanidine groups is 1. The first-order valence-electron chi connectivity index (χ1n) is 10.1. The van der Waals surface area contributed by atoms with E-state index in [1.807, 2.05) is 0 Å². The number of morpholine rings is 1. The molecule has 0 bridgehead atoms. The minimum Gasteiger partial charge on any atom is -0.374 e. The molecule has 0 aromatic heterocycles. The Labute approximate surface area is 167 Å². The van der Waals surface area contributed by atoms with E-state index >= 15 is 0 Å². The Morgan fingerprint density at radius 2 is 2.11 bits per heavy atom. The van der Waals surface area contributed by atoms with Gasteiger partial charge in [0, 0.05) is 44.9 Å². The third-order valence-electron chi connectivity index (χ3n) is 4.45. The Kier molecular flexibility index (Phi) is 9.16. The molecule has 28 heavy (non-hydrogen) atoms. The van der Waals surface area contributed by atoms with Crippen molar-refractivity contribution in [1.82, 2.24) is 15.5 Å². The Bertz CT molecular complexity index is 633. The van der Waals surface area contributed by atoms with Crippen molar-refractivity contribution < 1.29 is 9.66 Å². The molecule has 0 aliphatic carbocycles. The summed E-state index contributed by atoms with van der Waals surface area (Å²) in [5, 5.41) is 17.4. The summed E-state index contributed by atoms with van der Waals surface area (Å²) in [6, 6.07) is 6.51. The van der Waals surface area contributed by atoms with Crippen LogP contribution in [0.1, 0.15) is 32.8 Å². The molecule has 1 aliphatic heterocycles. The summed E-state index contributed by atoms with van der Waals surface area (Å²) >= 11 is 0. The first-order chi connectivity index (χ1) is 13.5. The maximum Gasteiger partial charge on any atom is 0.269 e. The highest BCUT2D eigenvalue weighted by Crippen LogP contribution is 2.12. The number of ether oxygens (including phenoxy) is 1. The molecule has 1 saturated heterocycles. The summed E-state index contributed by atoms with van der Waals surface area (Å²) in [5.74, 6) is 1.39. The smallest absolute Gasteiger partial charge is 0.269 e. The van der Waals surface area contributed by atoms with Crippen LogP contribution in [0.25, 0.3) is 0 Å². The number of nitro benzene ring substituents is 1. The van der Waals surface area contributed by atoms with Crippen LogP contribution in [0.2, 0.25) is 0 Å². The van der Waals surface area contributed by atoms with E-state index in [9.17, 15) is 10.1 Å². The van der Waals surface area contributed by atoms with E-state index in [2.05, 4.69) is 41.3 Å². The van der Waals surface area contributed by atoms with Crippen LogP contribution >= 0.6 is 0 Å². The van der Waals surface area contributed by atoms with Gasteiger partial charge in [0.2, 0.25) is 0 Å². The maximum atomic E-state index is 10.8. The third-order valence-corrected chi connectivity index (χ3v) is 4.45. The summed E-state index contributed by atoms with van der Waals surface area (Å²) < 4.78 is 5.89. The number of aliphatic imine (C=N–C) groups is 1. The van der Waals surface area contributed by atoms with Crippen LogP contribution in [0.15, 0.2) is 29.3 Å². The summed E-state index contributed by atoms with van der Waals surface area (Å²) in [5.41, 5.74) is 1.02. The van der Waals surface area contributed by atoms with Crippen molar-refractivity contribution in [1.29, 1.82) is 0 Å². The molecule has 1 heterocycles. The van der Waals surface area contributed by atoms with Gasteiger partial charge in [-0.05, 0) is 17.9 Å². The van der Waals surface area contributed by atoms with Crippen molar-refractivity contribution >= 4 is 11.6 Å². The molecule has 8 nitrogen and oxygen atoms in total. The van der Waals surface area contributed by atoms with Crippen molar-refractivity contribution in [3.63, 3.8) is 0 Å². The first kappa shape index (κ1) is 22.1. The highest BCUT2D eigenvalue weighted by Gasteiger charge is 2.21. The molecule has 1 unspecified atom stereocenters. The number of hydrogen-bond acceptors (Lipinski definition) is 5. The van der Waals surface area contributed by atoms with Crippen LogP contribution in [-0.4, -0.2) is 61.2 Å². The minimum atomic E-state index is -0.393. The lowest BCUT2D eigenvalue weighted by Gasteiger charge is -2.34. The van der Waals surface area contributed by atoms with Crippen molar-refractivity contribution in [2.24, 2.45) is 10.9 Å². The van der Waals surface area contributed by atoms with Crippen LogP contribution in [0.3, 0.4) is 0 Å². The predicted octanol–water partition coefficient (Wildman–Crippen LogP) is 2.40. The molecule has 2 rings (SSSR count). The average molecular weight is 392 g/mol. The zero-order valence-electron chi connectivity index (χ0n) is 17.2. The number of benzene rings is 1. The molecular formula is C20H33N5O3. The Balaban J connectivity index is 1.89. The van der Waals surface area contributed by atoms with E-state index < -0.39 is 4.92 Å². The lowest BCUT2D eigenvalue weighted by molar-refractivity contribution is -0.384. The zero-order chi connectivity index (χ0) is 20.4. The Morgan fingerprint density at radius 3 is 2.75 bits per heavy atom. The van der Waals surface area contributed by atoms with Crippen LogP contribution in [0, 0.1) is 16.0 Å². The molecule has 0 spiro atoms. The summed E-state index contributed by atoms with van der Waals surface area (Å²) in [6.45, 7) is 12.3. The lowest BCUT2D eigenvalue weighted by Crippen LogP contribution is -2.50. The monoisotopic (exact) mass is 391 g/mol. The average Bonchev–Trinajstić information content (AvgIpc) is 2.67. The molecule has 0 amide bonds. The number of nitro groups is 1. The van der Waals surface area contributed by atoms with Crippen molar-refractivity contribution in [3.8, 4) is 0 Å². The van der Waals surface area contributed by atoms with Gasteiger partial charge in [-0.1, -0.05) is 32.9 Å². The summed E-state index contributed by atoms with van der Waals surface area (Å²) in [4.78, 5) is 17.4. The second kappa shape index (κ2) is 11.6. The summed E-state index contributed by atoms with van der Waals surface area (Å²) in [6.07, 6.45) is 1.14. The van der Waals surface area contributed by atoms with Gasteiger partial charge in [-0.3, -0.25) is 15.0 Å². The topological polar surface area (TPSA) is 92.0 Å². The fourth-order valence-corrected chi connectivity index (χ4v) is 3.11. The summed E-state index contributed by atoms with van der Waals surface area (Å²) in [7, 11) is 0. The molecule has 1 aliphatic rings. The predicted molar refractivity (Wildman–Crippen MR) is 112 cm³/mol. The van der Waals surface area contributed by atoms with Gasteiger partial charge in [0.1, 0.15) is 0 Å². The van der Waals surface area contributed by atoms with Crippen molar-refractivity contribution in [3.05, 3.63) is 39.9 Å². The van der Waals surface area contributed by atoms with Gasteiger partial charge in [-0.15, -0.1) is 0 Å². The van der Waals surface area contributed by atoms with Gasteiger partial charge >= 0.3 is 0 Å². The SMILES string of the molecule is CCCNC(=NCc1ccc([N+](=O)[O-])cc1)NCC1CN(CC(C)C)CCO1. The van der Waals surface area contributed by atoms with Crippen LogP contribution in [0.4, 0.5) is 5.69 Å². The molecule has 0 saturated carbocycles. The van der Waals surface area contributed by atoms with Gasteiger partial charge in [0.25, 0.3) is 5.69 Å². The molecule has 0 radical (unpaired) electrons. The fourth-order valence-electron chi connectivity index (χ4n) is 3.11. The third kappa shape index (κ3) is 7.82. The molecule has 8 heteroatoms. The van der Waals surface area contributed by atoms with E-state index in [-0.39, 0.29) is 11.8 Å². The van der Waals surface area contributed by atoms with E-state index in [1.54, 1.807) is 12.1 Å². The highest BCUT2D eigenvalue weighted by atomic mass is 16.6. The van der Waals surface area contributed by atoms with Crippen molar-refractivity contribution in [2.75, 3.05) is 39.3 Å². The number of non-ortho nitro benzene ring substituents is 1. The quantitative estimate of drug-likeness (QED) is 0.291. The second-order valence-corrected chi connectivity index (χ2v) is 7.54. The van der Waals surface area contributed by atoms with Gasteiger partial charge in [0.05, 0.1) is 24.2 Å². The molecule has 1 aromatic carbocycles. The molecule has 1 aromatic rings. The van der Waals surface area contributed by atoms with E-state index in [1.165, 1.54) is 12.1 Å². The molecule has 1 fully saturated rings. The number of nitrogens with one attached hydrogen (secondary N) is 2. The van der Waals surface area contributed by atoms with E-state index in [0.717, 1.165) is 50.7 Å². The standard InChI is InChI=1S/C20H33N5O3/c1-4-9-21-20(22-12-17-5-7-18(8-6-17)25(26)27)23-13-19-15-24(10-11-28-19)14-16(2)3/h5-8,16,19H,4,9-15H2,1-3H3,(H2,21,22,23). The van der Waals surface area contributed by atoms with Crippen LogP contribution < -0.4 is 10.6 Å². The highest BCUT2D eigenvalue weighted by molar-refractivity contribution is 5.79. The molecular weight excluding hydrogens is 358 g/mol. The zero-order valence-corrected chi connectivity index (χ0v) is 17.2. The Morgan fingerprint density at radius 1 is 1.36 bits per heavy atom. The molecule has 2 N–H and O–H groups in total. The number of hydrogen-bond donors (Lipinski definition) is 2. The van der Waals surface area contributed by atoms with E-state index in [0.29, 0.717) is 19.0 Å². The van der Waals surface area contributed by atoms with Gasteiger partial charge < -0.3 is 15.4 Å². The molecule has 1 atom stereocenters. The fraction of sp³-hybridized carbons (Fsp3) is 0.650. The number of nitrogens with zero attached hydrogens (tertiary/aromatic N) is 3. The largest absolute Gasteiger partial charge is 0.374 e. The van der Waals surface area contributed by atoms with Crippen molar-refractivity contribution in [2.45, 2.75) is 39.8 Å². The Hall–Kier alpha value is -2.19.